The number of non-ortho nitro benzene ring substituents is 1. The molecule has 0 unspecified atom stereocenters. The van der Waals surface area contributed by atoms with Crippen molar-refractivity contribution < 1.29 is 19.2 Å². The second-order valence-corrected chi connectivity index (χ2v) is 6.92. The van der Waals surface area contributed by atoms with Crippen LogP contribution in [0.3, 0.4) is 0 Å². The van der Waals surface area contributed by atoms with Crippen LogP contribution in [0.15, 0.2) is 49.1 Å². The van der Waals surface area contributed by atoms with Crippen LogP contribution in [-0.4, -0.2) is 56.1 Å². The lowest BCUT2D eigenvalue weighted by Crippen LogP contribution is -2.48. The molecule has 2 aromatic carbocycles. The third-order valence-electron chi connectivity index (χ3n) is 5.16. The molecule has 8 heteroatoms. The lowest BCUT2D eigenvalue weighted by atomic mass is 10.0. The van der Waals surface area contributed by atoms with Gasteiger partial charge >= 0.3 is 0 Å². The maximum atomic E-state index is 13.1. The van der Waals surface area contributed by atoms with Crippen molar-refractivity contribution in [1.29, 1.82) is 0 Å². The first-order chi connectivity index (χ1) is 14.5. The Morgan fingerprint density at radius 1 is 1.13 bits per heavy atom. The summed E-state index contributed by atoms with van der Waals surface area (Å²) in [6, 6.07) is 10.0. The molecule has 0 N–H and O–H groups in total. The fourth-order valence-electron chi connectivity index (χ4n) is 3.61. The first-order valence-electron chi connectivity index (χ1n) is 9.63. The van der Waals surface area contributed by atoms with Crippen molar-refractivity contribution >= 4 is 17.3 Å². The van der Waals surface area contributed by atoms with Gasteiger partial charge in [0.25, 0.3) is 11.6 Å². The van der Waals surface area contributed by atoms with E-state index in [2.05, 4.69) is 11.5 Å². The van der Waals surface area contributed by atoms with E-state index < -0.39 is 4.92 Å². The zero-order valence-electron chi connectivity index (χ0n) is 17.2. The molecule has 0 bridgehead atoms. The van der Waals surface area contributed by atoms with Crippen LogP contribution in [0.5, 0.6) is 11.5 Å². The largest absolute Gasteiger partial charge is 0.493 e. The first-order valence-corrected chi connectivity index (χ1v) is 9.63. The van der Waals surface area contributed by atoms with Crippen LogP contribution in [0.2, 0.25) is 0 Å². The molecule has 1 saturated heterocycles. The van der Waals surface area contributed by atoms with Crippen LogP contribution in [0.25, 0.3) is 0 Å². The molecular weight excluding hydrogens is 386 g/mol. The molecule has 30 heavy (non-hydrogen) atoms. The first kappa shape index (κ1) is 21.2. The van der Waals surface area contributed by atoms with Gasteiger partial charge in [0.1, 0.15) is 0 Å². The van der Waals surface area contributed by atoms with Crippen molar-refractivity contribution in [1.82, 2.24) is 4.90 Å². The number of hydrogen-bond acceptors (Lipinski definition) is 6. The molecule has 0 saturated carbocycles. The fraction of sp³-hybridized carbons (Fsp3) is 0.318. The molecule has 1 heterocycles. The Morgan fingerprint density at radius 3 is 2.33 bits per heavy atom. The number of anilines is 1. The second-order valence-electron chi connectivity index (χ2n) is 6.92. The number of piperazine rings is 1. The molecule has 1 aliphatic heterocycles. The SMILES string of the molecule is C=CCc1cc(C(=O)N2CCN(c3ccc([N+](=O)[O-])cc3)CC2)cc(OC)c1OC. The number of methoxy groups -OCH3 is 2. The smallest absolute Gasteiger partial charge is 0.269 e. The van der Waals surface area contributed by atoms with E-state index in [1.807, 2.05) is 6.07 Å². The minimum absolute atomic E-state index is 0.0652. The number of nitrogens with zero attached hydrogens (tertiary/aromatic N) is 3. The number of nitro groups is 1. The number of amides is 1. The number of benzene rings is 2. The van der Waals surface area contributed by atoms with Gasteiger partial charge in [-0.2, -0.15) is 0 Å². The van der Waals surface area contributed by atoms with Crippen LogP contribution in [-0.2, 0) is 6.42 Å². The van der Waals surface area contributed by atoms with E-state index in [0.29, 0.717) is 49.7 Å². The second kappa shape index (κ2) is 9.30. The summed E-state index contributed by atoms with van der Waals surface area (Å²) in [5, 5.41) is 10.8. The number of allylic oxidation sites excluding steroid dienone is 1. The van der Waals surface area contributed by atoms with Gasteiger partial charge in [-0.3, -0.25) is 14.9 Å². The maximum Gasteiger partial charge on any atom is 0.269 e. The molecule has 158 valence electrons. The van der Waals surface area contributed by atoms with Gasteiger partial charge in [0, 0.05) is 55.1 Å². The van der Waals surface area contributed by atoms with E-state index >= 15 is 0 Å². The highest BCUT2D eigenvalue weighted by Gasteiger charge is 2.24. The highest BCUT2D eigenvalue weighted by Crippen LogP contribution is 2.33. The predicted octanol–water partition coefficient (Wildman–Crippen LogP) is 3.30. The van der Waals surface area contributed by atoms with Gasteiger partial charge in [-0.1, -0.05) is 6.08 Å². The Hall–Kier alpha value is -3.55. The lowest BCUT2D eigenvalue weighted by molar-refractivity contribution is -0.384. The number of hydrogen-bond donors (Lipinski definition) is 0. The minimum Gasteiger partial charge on any atom is -0.493 e. The Labute approximate surface area is 175 Å². The molecule has 3 rings (SSSR count). The summed E-state index contributed by atoms with van der Waals surface area (Å²) < 4.78 is 10.9. The number of ether oxygens (including phenoxy) is 2. The zero-order chi connectivity index (χ0) is 21.7. The maximum absolute atomic E-state index is 13.1. The summed E-state index contributed by atoms with van der Waals surface area (Å²) in [6.45, 7) is 6.18. The van der Waals surface area contributed by atoms with Gasteiger partial charge in [0.2, 0.25) is 0 Å². The molecule has 0 atom stereocenters. The average Bonchev–Trinajstić information content (AvgIpc) is 2.78. The molecule has 0 aliphatic carbocycles. The van der Waals surface area contributed by atoms with Crippen LogP contribution >= 0.6 is 0 Å². The Kier molecular flexibility index (Phi) is 6.56. The minimum atomic E-state index is -0.413. The zero-order valence-corrected chi connectivity index (χ0v) is 17.2. The number of rotatable bonds is 7. The topological polar surface area (TPSA) is 85.2 Å². The van der Waals surface area contributed by atoms with Crippen LogP contribution < -0.4 is 14.4 Å². The molecule has 0 spiro atoms. The monoisotopic (exact) mass is 411 g/mol. The molecule has 8 nitrogen and oxygen atoms in total. The van der Waals surface area contributed by atoms with Crippen molar-refractivity contribution in [3.8, 4) is 11.5 Å². The normalized spacial score (nSPS) is 13.7. The van der Waals surface area contributed by atoms with Gasteiger partial charge in [-0.05, 0) is 30.7 Å². The molecule has 1 fully saturated rings. The van der Waals surface area contributed by atoms with Gasteiger partial charge in [-0.15, -0.1) is 6.58 Å². The van der Waals surface area contributed by atoms with E-state index in [4.69, 9.17) is 9.47 Å². The van der Waals surface area contributed by atoms with Crippen molar-refractivity contribution in [3.63, 3.8) is 0 Å². The molecule has 2 aromatic rings. The molecule has 0 radical (unpaired) electrons. The van der Waals surface area contributed by atoms with Crippen molar-refractivity contribution in [2.24, 2.45) is 0 Å². The summed E-state index contributed by atoms with van der Waals surface area (Å²) in [5.74, 6) is 1.06. The summed E-state index contributed by atoms with van der Waals surface area (Å²) in [4.78, 5) is 27.4. The predicted molar refractivity (Wildman–Crippen MR) is 115 cm³/mol. The quantitative estimate of drug-likeness (QED) is 0.395. The third kappa shape index (κ3) is 4.37. The van der Waals surface area contributed by atoms with Gasteiger partial charge < -0.3 is 19.3 Å². The average molecular weight is 411 g/mol. The summed E-state index contributed by atoms with van der Waals surface area (Å²) >= 11 is 0. The number of carbonyl (C=O) groups is 1. The highest BCUT2D eigenvalue weighted by atomic mass is 16.6. The number of carbonyl (C=O) groups excluding carboxylic acids is 1. The Bertz CT molecular complexity index is 935. The molecular formula is C22H25N3O5. The summed E-state index contributed by atoms with van der Waals surface area (Å²) in [7, 11) is 3.12. The van der Waals surface area contributed by atoms with Crippen molar-refractivity contribution in [3.05, 3.63) is 70.3 Å². The van der Waals surface area contributed by atoms with E-state index in [9.17, 15) is 14.9 Å². The fourth-order valence-corrected chi connectivity index (χ4v) is 3.61. The summed E-state index contributed by atoms with van der Waals surface area (Å²) in [6.07, 6.45) is 2.32. The van der Waals surface area contributed by atoms with Gasteiger partial charge in [-0.25, -0.2) is 0 Å². The summed E-state index contributed by atoms with van der Waals surface area (Å²) in [5.41, 5.74) is 2.37. The van der Waals surface area contributed by atoms with E-state index in [-0.39, 0.29) is 11.6 Å². The Balaban J connectivity index is 1.72. The van der Waals surface area contributed by atoms with Crippen LogP contribution in [0, 0.1) is 10.1 Å². The van der Waals surface area contributed by atoms with E-state index in [1.54, 1.807) is 43.4 Å². The molecule has 0 aromatic heterocycles. The van der Waals surface area contributed by atoms with Gasteiger partial charge in [0.05, 0.1) is 19.1 Å². The van der Waals surface area contributed by atoms with Crippen molar-refractivity contribution in [2.75, 3.05) is 45.3 Å². The highest BCUT2D eigenvalue weighted by molar-refractivity contribution is 5.95. The molecule has 1 amide bonds. The standard InChI is InChI=1S/C22H25N3O5/c1-4-5-16-14-17(15-20(29-2)21(16)30-3)22(26)24-12-10-23(11-13-24)18-6-8-19(9-7-18)25(27)28/h4,6-9,14-15H,1,5,10-13H2,2-3H3. The van der Waals surface area contributed by atoms with Crippen LogP contribution in [0.4, 0.5) is 11.4 Å². The van der Waals surface area contributed by atoms with Crippen molar-refractivity contribution in [2.45, 2.75) is 6.42 Å². The molecule has 1 aliphatic rings. The van der Waals surface area contributed by atoms with E-state index in [0.717, 1.165) is 11.3 Å². The number of nitro benzene ring substituents is 1. The van der Waals surface area contributed by atoms with Gasteiger partial charge in [0.15, 0.2) is 11.5 Å². The van der Waals surface area contributed by atoms with Crippen LogP contribution in [0.1, 0.15) is 15.9 Å². The van der Waals surface area contributed by atoms with E-state index in [1.165, 1.54) is 12.1 Å². The lowest BCUT2D eigenvalue weighted by Gasteiger charge is -2.36. The third-order valence-corrected chi connectivity index (χ3v) is 5.16. The Morgan fingerprint density at radius 2 is 1.80 bits per heavy atom.